The van der Waals surface area contributed by atoms with E-state index in [-0.39, 0.29) is 0 Å². The van der Waals surface area contributed by atoms with Gasteiger partial charge < -0.3 is 10.1 Å². The maximum atomic E-state index is 5.09. The van der Waals surface area contributed by atoms with Crippen LogP contribution in [-0.2, 0) is 4.74 Å². The van der Waals surface area contributed by atoms with Gasteiger partial charge in [-0.25, -0.2) is 0 Å². The maximum Gasteiger partial charge on any atom is 0.0462 e. The molecule has 0 saturated carbocycles. The molecule has 0 aromatic carbocycles. The van der Waals surface area contributed by atoms with Crippen molar-refractivity contribution >= 4 is 11.3 Å². The van der Waals surface area contributed by atoms with Gasteiger partial charge in [-0.2, -0.15) is 0 Å². The molecule has 0 aliphatic rings. The first-order valence-corrected chi connectivity index (χ1v) is 6.52. The van der Waals surface area contributed by atoms with Crippen molar-refractivity contribution in [2.45, 2.75) is 32.2 Å². The lowest BCUT2D eigenvalue weighted by Crippen LogP contribution is -2.21. The summed E-state index contributed by atoms with van der Waals surface area (Å²) in [6.07, 6.45) is 3.47. The molecule has 1 N–H and O–H groups in total. The minimum Gasteiger partial charge on any atom is -0.385 e. The Morgan fingerprint density at radius 1 is 1.53 bits per heavy atom. The highest BCUT2D eigenvalue weighted by molar-refractivity contribution is 7.10. The highest BCUT2D eigenvalue weighted by Gasteiger charge is 2.10. The van der Waals surface area contributed by atoms with E-state index in [2.05, 4.69) is 29.8 Å². The van der Waals surface area contributed by atoms with Gasteiger partial charge in [0.15, 0.2) is 0 Å². The quantitative estimate of drug-likeness (QED) is 0.689. The van der Waals surface area contributed by atoms with Crippen molar-refractivity contribution in [3.05, 3.63) is 22.4 Å². The molecule has 1 unspecified atom stereocenters. The summed E-state index contributed by atoms with van der Waals surface area (Å²) < 4.78 is 5.09. The van der Waals surface area contributed by atoms with Crippen LogP contribution >= 0.6 is 11.3 Å². The summed E-state index contributed by atoms with van der Waals surface area (Å²) in [5.74, 6) is 0. The lowest BCUT2D eigenvalue weighted by molar-refractivity contribution is 0.189. The molecule has 0 radical (unpaired) electrons. The van der Waals surface area contributed by atoms with E-state index in [9.17, 15) is 0 Å². The number of hydrogen-bond acceptors (Lipinski definition) is 3. The Bertz CT molecular complexity index is 236. The van der Waals surface area contributed by atoms with Crippen molar-refractivity contribution in [2.24, 2.45) is 0 Å². The van der Waals surface area contributed by atoms with Crippen LogP contribution in [0.2, 0.25) is 0 Å². The molecule has 0 aliphatic heterocycles. The number of thiophene rings is 1. The lowest BCUT2D eigenvalue weighted by atomic mass is 10.1. The molecule has 0 amide bonds. The van der Waals surface area contributed by atoms with Gasteiger partial charge in [-0.15, -0.1) is 11.3 Å². The SMILES string of the molecule is CCCNC(CCCOC)c1cccs1. The average molecular weight is 227 g/mol. The first-order valence-electron chi connectivity index (χ1n) is 5.64. The molecule has 1 heterocycles. The molecular weight excluding hydrogens is 206 g/mol. The molecule has 0 fully saturated rings. The largest absolute Gasteiger partial charge is 0.385 e. The number of hydrogen-bond donors (Lipinski definition) is 1. The van der Waals surface area contributed by atoms with Crippen LogP contribution in [0.15, 0.2) is 17.5 Å². The average Bonchev–Trinajstić information content (AvgIpc) is 2.76. The van der Waals surface area contributed by atoms with E-state index in [1.807, 2.05) is 11.3 Å². The predicted octanol–water partition coefficient (Wildman–Crippen LogP) is 3.22. The first-order chi connectivity index (χ1) is 7.38. The van der Waals surface area contributed by atoms with Crippen molar-refractivity contribution in [1.82, 2.24) is 5.32 Å². The van der Waals surface area contributed by atoms with Gasteiger partial charge in [0.1, 0.15) is 0 Å². The van der Waals surface area contributed by atoms with Crippen LogP contribution in [-0.4, -0.2) is 20.3 Å². The fraction of sp³-hybridized carbons (Fsp3) is 0.667. The van der Waals surface area contributed by atoms with Gasteiger partial charge in [0, 0.05) is 24.6 Å². The lowest BCUT2D eigenvalue weighted by Gasteiger charge is -2.16. The standard InChI is InChI=1S/C12H21NOS/c1-3-8-13-11(6-4-9-14-2)12-7-5-10-15-12/h5,7,10-11,13H,3-4,6,8-9H2,1-2H3. The van der Waals surface area contributed by atoms with Crippen LogP contribution in [0.3, 0.4) is 0 Å². The second kappa shape index (κ2) is 7.85. The van der Waals surface area contributed by atoms with Crippen LogP contribution in [0.4, 0.5) is 0 Å². The first kappa shape index (κ1) is 12.7. The van der Waals surface area contributed by atoms with Gasteiger partial charge in [0.25, 0.3) is 0 Å². The van der Waals surface area contributed by atoms with E-state index in [1.54, 1.807) is 7.11 Å². The van der Waals surface area contributed by atoms with E-state index in [4.69, 9.17) is 4.74 Å². The highest BCUT2D eigenvalue weighted by Crippen LogP contribution is 2.23. The fourth-order valence-electron chi connectivity index (χ4n) is 1.58. The van der Waals surface area contributed by atoms with E-state index >= 15 is 0 Å². The number of ether oxygens (including phenoxy) is 1. The van der Waals surface area contributed by atoms with Gasteiger partial charge in [0.05, 0.1) is 0 Å². The summed E-state index contributed by atoms with van der Waals surface area (Å²) in [5.41, 5.74) is 0. The zero-order valence-corrected chi connectivity index (χ0v) is 10.5. The van der Waals surface area contributed by atoms with Gasteiger partial charge in [-0.1, -0.05) is 13.0 Å². The third-order valence-corrected chi connectivity index (χ3v) is 3.35. The van der Waals surface area contributed by atoms with E-state index in [0.29, 0.717) is 6.04 Å². The maximum absolute atomic E-state index is 5.09. The smallest absolute Gasteiger partial charge is 0.0462 e. The summed E-state index contributed by atoms with van der Waals surface area (Å²) in [7, 11) is 1.76. The zero-order valence-electron chi connectivity index (χ0n) is 9.66. The summed E-state index contributed by atoms with van der Waals surface area (Å²) in [5, 5.41) is 5.73. The van der Waals surface area contributed by atoms with Crippen molar-refractivity contribution in [2.75, 3.05) is 20.3 Å². The number of rotatable bonds is 8. The summed E-state index contributed by atoms with van der Waals surface area (Å²) in [6, 6.07) is 4.85. The summed E-state index contributed by atoms with van der Waals surface area (Å²) >= 11 is 1.84. The molecule has 2 nitrogen and oxygen atoms in total. The van der Waals surface area contributed by atoms with Crippen LogP contribution in [0.25, 0.3) is 0 Å². The summed E-state index contributed by atoms with van der Waals surface area (Å²) in [6.45, 7) is 4.15. The van der Waals surface area contributed by atoms with Crippen molar-refractivity contribution in [3.63, 3.8) is 0 Å². The number of nitrogens with one attached hydrogen (secondary N) is 1. The van der Waals surface area contributed by atoms with Gasteiger partial charge in [0.2, 0.25) is 0 Å². The van der Waals surface area contributed by atoms with Crippen LogP contribution in [0.5, 0.6) is 0 Å². The Kier molecular flexibility index (Phi) is 6.64. The van der Waals surface area contributed by atoms with Gasteiger partial charge >= 0.3 is 0 Å². The molecule has 0 bridgehead atoms. The minimum absolute atomic E-state index is 0.514. The van der Waals surface area contributed by atoms with Gasteiger partial charge in [-0.3, -0.25) is 0 Å². The third kappa shape index (κ3) is 4.78. The second-order valence-corrected chi connectivity index (χ2v) is 4.64. The fourth-order valence-corrected chi connectivity index (χ4v) is 2.42. The third-order valence-electron chi connectivity index (χ3n) is 2.37. The van der Waals surface area contributed by atoms with Crippen molar-refractivity contribution < 1.29 is 4.74 Å². The monoisotopic (exact) mass is 227 g/mol. The van der Waals surface area contributed by atoms with Crippen molar-refractivity contribution in [3.8, 4) is 0 Å². The topological polar surface area (TPSA) is 21.3 Å². The molecule has 0 saturated heterocycles. The molecule has 1 atom stereocenters. The van der Waals surface area contributed by atoms with Gasteiger partial charge in [-0.05, 0) is 37.3 Å². The Morgan fingerprint density at radius 3 is 3.00 bits per heavy atom. The molecule has 1 aromatic rings. The van der Waals surface area contributed by atoms with Crippen molar-refractivity contribution in [1.29, 1.82) is 0 Å². The Hall–Kier alpha value is -0.380. The van der Waals surface area contributed by atoms with E-state index in [0.717, 1.165) is 26.0 Å². The Morgan fingerprint density at radius 2 is 2.40 bits per heavy atom. The zero-order chi connectivity index (χ0) is 10.9. The molecule has 15 heavy (non-hydrogen) atoms. The molecule has 86 valence electrons. The Labute approximate surface area is 96.7 Å². The van der Waals surface area contributed by atoms with E-state index in [1.165, 1.54) is 11.3 Å². The predicted molar refractivity (Wildman–Crippen MR) is 66.5 cm³/mol. The van der Waals surface area contributed by atoms with Crippen LogP contribution < -0.4 is 5.32 Å². The molecular formula is C12H21NOS. The normalized spacial score (nSPS) is 12.9. The highest BCUT2D eigenvalue weighted by atomic mass is 32.1. The van der Waals surface area contributed by atoms with Crippen LogP contribution in [0, 0.1) is 0 Å². The molecule has 1 rings (SSSR count). The molecule has 0 spiro atoms. The summed E-state index contributed by atoms with van der Waals surface area (Å²) in [4.78, 5) is 1.44. The molecule has 1 aromatic heterocycles. The minimum atomic E-state index is 0.514. The molecule has 3 heteroatoms. The second-order valence-electron chi connectivity index (χ2n) is 3.66. The molecule has 0 aliphatic carbocycles. The van der Waals surface area contributed by atoms with Crippen LogP contribution in [0.1, 0.15) is 37.1 Å². The number of methoxy groups -OCH3 is 1. The Balaban J connectivity index is 2.39. The van der Waals surface area contributed by atoms with E-state index < -0.39 is 0 Å².